The van der Waals surface area contributed by atoms with Crippen LogP contribution in [0.4, 0.5) is 5.69 Å². The Hall–Kier alpha value is -1.93. The smallest absolute Gasteiger partial charge is 0.296 e. The van der Waals surface area contributed by atoms with Crippen molar-refractivity contribution in [3.05, 3.63) is 36.3 Å². The Bertz CT molecular complexity index is 1170. The minimum atomic E-state index is -4.90. The predicted molar refractivity (Wildman–Crippen MR) is 101 cm³/mol. The van der Waals surface area contributed by atoms with Gasteiger partial charge >= 0.3 is 0 Å². The van der Waals surface area contributed by atoms with E-state index in [9.17, 15) is 29.8 Å². The highest BCUT2D eigenvalue weighted by molar-refractivity contribution is 7.94. The molecule has 1 heterocycles. The number of hydrogen-bond acceptors (Lipinski definition) is 8. The van der Waals surface area contributed by atoms with Crippen molar-refractivity contribution in [2.45, 2.75) is 46.7 Å². The molecule has 0 fully saturated rings. The van der Waals surface area contributed by atoms with E-state index in [1.807, 2.05) is 0 Å². The summed E-state index contributed by atoms with van der Waals surface area (Å²) < 4.78 is 87.6. The Morgan fingerprint density at radius 2 is 1.75 bits per heavy atom. The lowest BCUT2D eigenvalue weighted by molar-refractivity contribution is 0.482. The molecule has 28 heavy (non-hydrogen) atoms. The van der Waals surface area contributed by atoms with Crippen molar-refractivity contribution in [3.63, 3.8) is 0 Å². The number of sulfone groups is 1. The molecule has 0 saturated carbocycles. The second-order valence-corrected chi connectivity index (χ2v) is 11.3. The summed E-state index contributed by atoms with van der Waals surface area (Å²) in [5.41, 5.74) is -0.312. The largest absolute Gasteiger partial charge is 0.467 e. The van der Waals surface area contributed by atoms with Gasteiger partial charge in [0, 0.05) is 0 Å². The lowest BCUT2D eigenvalue weighted by atomic mass is 10.3. The molecular formula is C15H20N2O8S3. The second kappa shape index (κ2) is 7.83. The third-order valence-corrected chi connectivity index (χ3v) is 8.39. The molecule has 156 valence electrons. The van der Waals surface area contributed by atoms with Gasteiger partial charge < -0.3 is 9.73 Å². The van der Waals surface area contributed by atoms with Gasteiger partial charge in [0.2, 0.25) is 10.0 Å². The van der Waals surface area contributed by atoms with Crippen molar-refractivity contribution < 1.29 is 34.2 Å². The summed E-state index contributed by atoms with van der Waals surface area (Å²) in [6.07, 6.45) is 1.56. The van der Waals surface area contributed by atoms with Gasteiger partial charge in [0.25, 0.3) is 10.1 Å². The van der Waals surface area contributed by atoms with Crippen LogP contribution in [0.3, 0.4) is 0 Å². The number of hydrogen-bond donors (Lipinski definition) is 3. The number of anilines is 1. The highest BCUT2D eigenvalue weighted by Crippen LogP contribution is 2.33. The zero-order valence-corrected chi connectivity index (χ0v) is 17.4. The van der Waals surface area contributed by atoms with Crippen LogP contribution in [0.15, 0.2) is 49.6 Å². The molecule has 4 N–H and O–H groups in total. The van der Waals surface area contributed by atoms with Crippen molar-refractivity contribution in [3.8, 4) is 0 Å². The minimum Gasteiger partial charge on any atom is -0.467 e. The van der Waals surface area contributed by atoms with Crippen LogP contribution in [0.5, 0.6) is 0 Å². The maximum Gasteiger partial charge on any atom is 0.296 e. The van der Waals surface area contributed by atoms with Crippen LogP contribution in [0.2, 0.25) is 0 Å². The zero-order valence-electron chi connectivity index (χ0n) is 15.0. The summed E-state index contributed by atoms with van der Waals surface area (Å²) >= 11 is 0. The van der Waals surface area contributed by atoms with E-state index in [1.165, 1.54) is 13.2 Å². The number of benzene rings is 1. The molecule has 2 aromatic rings. The van der Waals surface area contributed by atoms with E-state index in [0.29, 0.717) is 11.8 Å². The molecule has 0 spiro atoms. The van der Waals surface area contributed by atoms with E-state index in [4.69, 9.17) is 9.56 Å². The first kappa shape index (κ1) is 22.4. The topological polar surface area (TPSA) is 174 Å². The van der Waals surface area contributed by atoms with Crippen LogP contribution in [-0.2, 0) is 36.5 Å². The molecule has 0 saturated heterocycles. The maximum atomic E-state index is 12.8. The molecule has 1 aromatic heterocycles. The van der Waals surface area contributed by atoms with E-state index in [-0.39, 0.29) is 18.7 Å². The molecule has 1 unspecified atom stereocenters. The molecule has 0 amide bonds. The summed E-state index contributed by atoms with van der Waals surface area (Å²) in [5, 5.41) is 6.79. The highest BCUT2D eigenvalue weighted by atomic mass is 32.2. The lowest BCUT2D eigenvalue weighted by Crippen LogP contribution is -2.23. The van der Waals surface area contributed by atoms with Crippen LogP contribution in [0, 0.1) is 0 Å². The highest BCUT2D eigenvalue weighted by Gasteiger charge is 2.32. The predicted octanol–water partition coefficient (Wildman–Crippen LogP) is 1.36. The molecule has 0 aliphatic carbocycles. The average Bonchev–Trinajstić information content (AvgIpc) is 3.10. The molecule has 0 radical (unpaired) electrons. The van der Waals surface area contributed by atoms with Gasteiger partial charge in [-0.05, 0) is 37.6 Å². The molecule has 0 aliphatic rings. The second-order valence-electron chi connectivity index (χ2n) is 6.01. The number of nitrogens with one attached hydrogen (secondary N) is 1. The van der Waals surface area contributed by atoms with Gasteiger partial charge in [0.1, 0.15) is 15.6 Å². The molecule has 0 aliphatic heterocycles. The third-order valence-electron chi connectivity index (χ3n) is 4.07. The fourth-order valence-electron chi connectivity index (χ4n) is 2.37. The SMILES string of the molecule is CCC(C)S(=O)(=O)c1cc(NCc2ccco2)c(S(=O)(=O)O)cc1S(N)(=O)=O. The number of nitrogens with two attached hydrogens (primary N) is 1. The van der Waals surface area contributed by atoms with Gasteiger partial charge in [-0.15, -0.1) is 0 Å². The third kappa shape index (κ3) is 4.72. The van der Waals surface area contributed by atoms with E-state index in [0.717, 1.165) is 6.07 Å². The molecule has 10 nitrogen and oxygen atoms in total. The standard InChI is InChI=1S/C15H20N2O8S3/c1-3-10(2)26(18,19)14-7-12(17-9-11-5-4-6-25-11)13(28(22,23)24)8-15(14)27(16,20)21/h4-8,10,17H,3,9H2,1-2H3,(H2,16,20,21)(H,22,23,24). The number of primary sulfonamides is 1. The summed E-state index contributed by atoms with van der Waals surface area (Å²) in [6, 6.07) is 4.54. The Kier molecular flexibility index (Phi) is 6.25. The Labute approximate surface area is 163 Å². The Morgan fingerprint density at radius 3 is 2.21 bits per heavy atom. The van der Waals surface area contributed by atoms with E-state index in [2.05, 4.69) is 5.32 Å². The molecule has 1 aromatic carbocycles. The van der Waals surface area contributed by atoms with Gasteiger partial charge in [-0.25, -0.2) is 22.0 Å². The fourth-order valence-corrected chi connectivity index (χ4v) is 5.93. The van der Waals surface area contributed by atoms with Crippen LogP contribution < -0.4 is 10.5 Å². The normalized spacial score (nSPS) is 14.0. The molecule has 1 atom stereocenters. The van der Waals surface area contributed by atoms with Gasteiger partial charge in [-0.3, -0.25) is 4.55 Å². The number of furan rings is 1. The van der Waals surface area contributed by atoms with Gasteiger partial charge in [0.15, 0.2) is 9.84 Å². The molecule has 2 rings (SSSR count). The van der Waals surface area contributed by atoms with Gasteiger partial charge in [0.05, 0.1) is 28.6 Å². The summed E-state index contributed by atoms with van der Waals surface area (Å²) in [6.45, 7) is 2.93. The molecule has 0 bridgehead atoms. The van der Waals surface area contributed by atoms with Crippen LogP contribution >= 0.6 is 0 Å². The molecule has 13 heteroatoms. The first-order chi connectivity index (χ1) is 12.8. The number of rotatable bonds is 8. The lowest BCUT2D eigenvalue weighted by Gasteiger charge is -2.17. The monoisotopic (exact) mass is 452 g/mol. The van der Waals surface area contributed by atoms with E-state index in [1.54, 1.807) is 19.1 Å². The van der Waals surface area contributed by atoms with E-state index < -0.39 is 49.9 Å². The zero-order chi connectivity index (χ0) is 21.3. The quantitative estimate of drug-likeness (QED) is 0.499. The van der Waals surface area contributed by atoms with Crippen molar-refractivity contribution in [1.29, 1.82) is 0 Å². The first-order valence-corrected chi connectivity index (χ1v) is 12.5. The van der Waals surface area contributed by atoms with Gasteiger partial charge in [-0.1, -0.05) is 6.92 Å². The summed E-state index contributed by atoms with van der Waals surface area (Å²) in [4.78, 5) is -2.39. The van der Waals surface area contributed by atoms with Gasteiger partial charge in [-0.2, -0.15) is 8.42 Å². The minimum absolute atomic E-state index is 0.0486. The average molecular weight is 453 g/mol. The maximum absolute atomic E-state index is 12.8. The van der Waals surface area contributed by atoms with Crippen LogP contribution in [-0.4, -0.2) is 35.1 Å². The first-order valence-electron chi connectivity index (χ1n) is 7.97. The summed E-state index contributed by atoms with van der Waals surface area (Å²) in [7, 11) is -13.7. The summed E-state index contributed by atoms with van der Waals surface area (Å²) in [5.74, 6) is 0.392. The van der Waals surface area contributed by atoms with Crippen LogP contribution in [0.25, 0.3) is 0 Å². The van der Waals surface area contributed by atoms with Crippen molar-refractivity contribution in [1.82, 2.24) is 0 Å². The number of sulfonamides is 1. The fraction of sp³-hybridized carbons (Fsp3) is 0.333. The van der Waals surface area contributed by atoms with Crippen molar-refractivity contribution >= 4 is 35.7 Å². The van der Waals surface area contributed by atoms with Crippen molar-refractivity contribution in [2.24, 2.45) is 5.14 Å². The Morgan fingerprint density at radius 1 is 1.11 bits per heavy atom. The van der Waals surface area contributed by atoms with Crippen LogP contribution in [0.1, 0.15) is 26.0 Å². The van der Waals surface area contributed by atoms with Crippen molar-refractivity contribution in [2.75, 3.05) is 5.32 Å². The molecular weight excluding hydrogens is 432 g/mol. The van der Waals surface area contributed by atoms with E-state index >= 15 is 0 Å². The Balaban J connectivity index is 2.78.